The third-order valence-corrected chi connectivity index (χ3v) is 4.86. The molecule has 2 aromatic rings. The van der Waals surface area contributed by atoms with Crippen molar-refractivity contribution in [1.82, 2.24) is 15.2 Å². The van der Waals surface area contributed by atoms with Crippen LogP contribution in [0.1, 0.15) is 23.2 Å². The molecule has 0 unspecified atom stereocenters. The van der Waals surface area contributed by atoms with Crippen molar-refractivity contribution < 1.29 is 18.9 Å². The molecule has 1 aromatic heterocycles. The van der Waals surface area contributed by atoms with Gasteiger partial charge in [0, 0.05) is 50.8 Å². The van der Waals surface area contributed by atoms with Crippen LogP contribution < -0.4 is 10.2 Å². The first-order chi connectivity index (χ1) is 14.4. The molecular weight excluding hydrogens is 393 g/mol. The van der Waals surface area contributed by atoms with Crippen LogP contribution in [0.2, 0.25) is 0 Å². The van der Waals surface area contributed by atoms with Gasteiger partial charge in [0.15, 0.2) is 0 Å². The smallest absolute Gasteiger partial charge is 0.287 e. The summed E-state index contributed by atoms with van der Waals surface area (Å²) >= 11 is 0. The van der Waals surface area contributed by atoms with E-state index in [0.29, 0.717) is 56.9 Å². The van der Waals surface area contributed by atoms with Crippen LogP contribution in [0, 0.1) is 15.9 Å². The van der Waals surface area contributed by atoms with E-state index in [1.165, 1.54) is 36.5 Å². The fourth-order valence-corrected chi connectivity index (χ4v) is 3.16. The van der Waals surface area contributed by atoms with Gasteiger partial charge in [-0.1, -0.05) is 0 Å². The highest BCUT2D eigenvalue weighted by Crippen LogP contribution is 2.17. The van der Waals surface area contributed by atoms with Crippen LogP contribution in [0.5, 0.6) is 0 Å². The summed E-state index contributed by atoms with van der Waals surface area (Å²) in [7, 11) is 0. The van der Waals surface area contributed by atoms with Gasteiger partial charge in [-0.2, -0.15) is 0 Å². The molecule has 0 spiro atoms. The first-order valence-corrected chi connectivity index (χ1v) is 9.61. The van der Waals surface area contributed by atoms with Crippen LogP contribution in [-0.4, -0.2) is 59.3 Å². The molecule has 1 fully saturated rings. The Labute approximate surface area is 172 Å². The standard InChI is InChI=1S/C20H22FN5O4/c21-16-5-3-15(4-6-16)20(28)22-9-1-2-19(27)25-12-10-24(11-13-25)18-8-7-17(14-23-18)26(29)30/h3-8,14H,1-2,9-13H2,(H,22,28). The molecular formula is C20H22FN5O4. The Morgan fingerprint density at radius 1 is 1.10 bits per heavy atom. The number of pyridine rings is 1. The van der Waals surface area contributed by atoms with Gasteiger partial charge in [-0.25, -0.2) is 9.37 Å². The predicted octanol–water partition coefficient (Wildman–Crippen LogP) is 1.99. The Kier molecular flexibility index (Phi) is 6.89. The third-order valence-electron chi connectivity index (χ3n) is 4.86. The molecule has 1 aromatic carbocycles. The van der Waals surface area contributed by atoms with Crippen LogP contribution in [0.4, 0.5) is 15.9 Å². The molecule has 1 N–H and O–H groups in total. The number of hydrogen-bond acceptors (Lipinski definition) is 6. The zero-order valence-corrected chi connectivity index (χ0v) is 16.3. The first kappa shape index (κ1) is 21.2. The van der Waals surface area contributed by atoms with Gasteiger partial charge in [-0.15, -0.1) is 0 Å². The summed E-state index contributed by atoms with van der Waals surface area (Å²) in [6.45, 7) is 2.63. The van der Waals surface area contributed by atoms with Crippen LogP contribution in [0.3, 0.4) is 0 Å². The van der Waals surface area contributed by atoms with Crippen LogP contribution in [-0.2, 0) is 4.79 Å². The van der Waals surface area contributed by atoms with E-state index in [1.54, 1.807) is 11.0 Å². The lowest BCUT2D eigenvalue weighted by atomic mass is 10.2. The summed E-state index contributed by atoms with van der Waals surface area (Å²) in [5, 5.41) is 13.4. The normalized spacial score (nSPS) is 13.8. The second-order valence-corrected chi connectivity index (χ2v) is 6.87. The highest BCUT2D eigenvalue weighted by Gasteiger charge is 2.22. The van der Waals surface area contributed by atoms with E-state index in [2.05, 4.69) is 10.3 Å². The monoisotopic (exact) mass is 415 g/mol. The Balaban J connectivity index is 1.37. The molecule has 1 aliphatic rings. The fraction of sp³-hybridized carbons (Fsp3) is 0.350. The molecule has 3 rings (SSSR count). The lowest BCUT2D eigenvalue weighted by Crippen LogP contribution is -2.49. The minimum atomic E-state index is -0.491. The molecule has 0 aliphatic carbocycles. The van der Waals surface area contributed by atoms with Crippen LogP contribution in [0.25, 0.3) is 0 Å². The highest BCUT2D eigenvalue weighted by molar-refractivity contribution is 5.94. The molecule has 10 heteroatoms. The maximum atomic E-state index is 12.9. The van der Waals surface area contributed by atoms with Gasteiger partial charge < -0.3 is 15.1 Å². The number of nitro groups is 1. The SMILES string of the molecule is O=C(NCCCC(=O)N1CCN(c2ccc([N+](=O)[O-])cn2)CC1)c1ccc(F)cc1. The van der Waals surface area contributed by atoms with Gasteiger partial charge in [-0.3, -0.25) is 19.7 Å². The number of halogens is 1. The molecule has 0 saturated carbocycles. The van der Waals surface area contributed by atoms with Crippen molar-refractivity contribution in [2.45, 2.75) is 12.8 Å². The van der Waals surface area contributed by atoms with Crippen molar-refractivity contribution in [2.24, 2.45) is 0 Å². The lowest BCUT2D eigenvalue weighted by Gasteiger charge is -2.35. The average Bonchev–Trinajstić information content (AvgIpc) is 2.77. The zero-order valence-electron chi connectivity index (χ0n) is 16.3. The number of piperazine rings is 1. The Bertz CT molecular complexity index is 896. The molecule has 0 bridgehead atoms. The van der Waals surface area contributed by atoms with E-state index in [1.807, 2.05) is 4.90 Å². The van der Waals surface area contributed by atoms with Crippen molar-refractivity contribution in [2.75, 3.05) is 37.6 Å². The zero-order chi connectivity index (χ0) is 21.5. The number of carbonyl (C=O) groups excluding carboxylic acids is 2. The second-order valence-electron chi connectivity index (χ2n) is 6.87. The Hall–Kier alpha value is -3.56. The topological polar surface area (TPSA) is 109 Å². The highest BCUT2D eigenvalue weighted by atomic mass is 19.1. The molecule has 158 valence electrons. The van der Waals surface area contributed by atoms with E-state index in [-0.39, 0.29) is 17.5 Å². The van der Waals surface area contributed by atoms with Gasteiger partial charge in [0.05, 0.1) is 4.92 Å². The maximum absolute atomic E-state index is 12.9. The van der Waals surface area contributed by atoms with Crippen LogP contribution in [0.15, 0.2) is 42.6 Å². The number of aromatic nitrogens is 1. The number of rotatable bonds is 7. The quantitative estimate of drug-likeness (QED) is 0.421. The van der Waals surface area contributed by atoms with Crippen molar-refractivity contribution in [3.8, 4) is 0 Å². The summed E-state index contributed by atoms with van der Waals surface area (Å²) in [6, 6.07) is 8.30. The van der Waals surface area contributed by atoms with Gasteiger partial charge in [0.1, 0.15) is 17.8 Å². The number of anilines is 1. The van der Waals surface area contributed by atoms with E-state index in [9.17, 15) is 24.1 Å². The minimum absolute atomic E-state index is 0.0161. The molecule has 2 heterocycles. The second kappa shape index (κ2) is 9.77. The van der Waals surface area contributed by atoms with Gasteiger partial charge >= 0.3 is 0 Å². The van der Waals surface area contributed by atoms with Crippen LogP contribution >= 0.6 is 0 Å². The predicted molar refractivity (Wildman–Crippen MR) is 108 cm³/mol. The van der Waals surface area contributed by atoms with E-state index in [0.717, 1.165) is 0 Å². The number of nitrogens with zero attached hydrogens (tertiary/aromatic N) is 4. The number of nitrogens with one attached hydrogen (secondary N) is 1. The summed E-state index contributed by atoms with van der Waals surface area (Å²) in [4.78, 5) is 42.4. The lowest BCUT2D eigenvalue weighted by molar-refractivity contribution is -0.385. The molecule has 9 nitrogen and oxygen atoms in total. The molecule has 1 saturated heterocycles. The van der Waals surface area contributed by atoms with Crippen molar-refractivity contribution in [1.29, 1.82) is 0 Å². The molecule has 30 heavy (non-hydrogen) atoms. The van der Waals surface area contributed by atoms with Gasteiger partial charge in [0.25, 0.3) is 11.6 Å². The van der Waals surface area contributed by atoms with E-state index >= 15 is 0 Å². The average molecular weight is 415 g/mol. The first-order valence-electron chi connectivity index (χ1n) is 9.61. The molecule has 0 atom stereocenters. The largest absolute Gasteiger partial charge is 0.353 e. The minimum Gasteiger partial charge on any atom is -0.353 e. The van der Waals surface area contributed by atoms with E-state index < -0.39 is 10.7 Å². The number of amides is 2. The summed E-state index contributed by atoms with van der Waals surface area (Å²) < 4.78 is 12.9. The van der Waals surface area contributed by atoms with Crippen molar-refractivity contribution in [3.63, 3.8) is 0 Å². The fourth-order valence-electron chi connectivity index (χ4n) is 3.16. The molecule has 2 amide bonds. The summed E-state index contributed by atoms with van der Waals surface area (Å²) in [5.74, 6) is -0.0354. The number of hydrogen-bond donors (Lipinski definition) is 1. The van der Waals surface area contributed by atoms with Crippen molar-refractivity contribution >= 4 is 23.3 Å². The van der Waals surface area contributed by atoms with Gasteiger partial charge in [-0.05, 0) is 36.8 Å². The maximum Gasteiger partial charge on any atom is 0.287 e. The Morgan fingerprint density at radius 2 is 1.80 bits per heavy atom. The van der Waals surface area contributed by atoms with Gasteiger partial charge in [0.2, 0.25) is 5.91 Å². The summed E-state index contributed by atoms with van der Waals surface area (Å²) in [6.07, 6.45) is 2.06. The molecule has 1 aliphatic heterocycles. The van der Waals surface area contributed by atoms with Crippen molar-refractivity contribution in [3.05, 3.63) is 64.1 Å². The number of carbonyl (C=O) groups is 2. The Morgan fingerprint density at radius 3 is 2.40 bits per heavy atom. The molecule has 0 radical (unpaired) electrons. The van der Waals surface area contributed by atoms with E-state index in [4.69, 9.17) is 0 Å². The third kappa shape index (κ3) is 5.49. The summed E-state index contributed by atoms with van der Waals surface area (Å²) in [5.41, 5.74) is 0.317. The number of benzene rings is 1.